The summed E-state index contributed by atoms with van der Waals surface area (Å²) in [7, 11) is 0. The molecule has 0 radical (unpaired) electrons. The van der Waals surface area contributed by atoms with E-state index in [0.717, 1.165) is 24.1 Å². The van der Waals surface area contributed by atoms with Crippen LogP contribution in [0.3, 0.4) is 0 Å². The molecule has 0 saturated heterocycles. The summed E-state index contributed by atoms with van der Waals surface area (Å²) in [4.78, 5) is 8.73. The second kappa shape index (κ2) is 6.43. The Labute approximate surface area is 113 Å². The van der Waals surface area contributed by atoms with Crippen molar-refractivity contribution in [1.82, 2.24) is 20.4 Å². The molecule has 19 heavy (non-hydrogen) atoms. The van der Waals surface area contributed by atoms with Crippen LogP contribution in [0.4, 0.5) is 0 Å². The van der Waals surface area contributed by atoms with Crippen LogP contribution in [0.5, 0.6) is 0 Å². The zero-order chi connectivity index (χ0) is 13.7. The molecule has 2 aromatic rings. The average Bonchev–Trinajstić information content (AvgIpc) is 2.93. The van der Waals surface area contributed by atoms with E-state index in [1.165, 1.54) is 0 Å². The van der Waals surface area contributed by atoms with Crippen LogP contribution < -0.4 is 5.32 Å². The first-order valence-electron chi connectivity index (χ1n) is 6.74. The number of aromatic nitrogens is 3. The number of hydrogen-bond donors (Lipinski definition) is 1. The van der Waals surface area contributed by atoms with Crippen LogP contribution >= 0.6 is 0 Å². The van der Waals surface area contributed by atoms with Gasteiger partial charge in [-0.1, -0.05) is 25.1 Å². The number of nitrogens with one attached hydrogen (secondary N) is 1. The minimum Gasteiger partial charge on any atom is -0.337 e. The lowest BCUT2D eigenvalue weighted by atomic mass is 10.1. The Hall–Kier alpha value is -1.75. The van der Waals surface area contributed by atoms with E-state index >= 15 is 0 Å². The molecule has 0 aliphatic carbocycles. The SMILES string of the molecule is CCc1cccnc1-c1noc(CNC(C)CC)n1. The molecule has 102 valence electrons. The molecule has 0 aromatic carbocycles. The van der Waals surface area contributed by atoms with Crippen LogP contribution in [0.1, 0.15) is 38.6 Å². The number of nitrogens with zero attached hydrogens (tertiary/aromatic N) is 3. The van der Waals surface area contributed by atoms with Gasteiger partial charge < -0.3 is 9.84 Å². The Kier molecular flexibility index (Phi) is 4.63. The van der Waals surface area contributed by atoms with Crippen LogP contribution in [0.2, 0.25) is 0 Å². The first kappa shape index (κ1) is 13.7. The third kappa shape index (κ3) is 3.38. The van der Waals surface area contributed by atoms with E-state index in [1.807, 2.05) is 12.1 Å². The van der Waals surface area contributed by atoms with Gasteiger partial charge in [0.1, 0.15) is 5.69 Å². The highest BCUT2D eigenvalue weighted by molar-refractivity contribution is 5.53. The summed E-state index contributed by atoms with van der Waals surface area (Å²) in [5, 5.41) is 7.34. The average molecular weight is 260 g/mol. The zero-order valence-corrected chi connectivity index (χ0v) is 11.7. The van der Waals surface area contributed by atoms with Crippen molar-refractivity contribution in [3.63, 3.8) is 0 Å². The Morgan fingerprint density at radius 2 is 2.21 bits per heavy atom. The fourth-order valence-corrected chi connectivity index (χ4v) is 1.75. The smallest absolute Gasteiger partial charge is 0.240 e. The number of hydrogen-bond acceptors (Lipinski definition) is 5. The maximum atomic E-state index is 5.25. The minimum absolute atomic E-state index is 0.441. The second-order valence-electron chi connectivity index (χ2n) is 4.57. The lowest BCUT2D eigenvalue weighted by Gasteiger charge is -2.07. The fourth-order valence-electron chi connectivity index (χ4n) is 1.75. The van der Waals surface area contributed by atoms with Crippen molar-refractivity contribution in [1.29, 1.82) is 0 Å². The summed E-state index contributed by atoms with van der Waals surface area (Å²) < 4.78 is 5.25. The van der Waals surface area contributed by atoms with Crippen molar-refractivity contribution in [3.8, 4) is 11.5 Å². The highest BCUT2D eigenvalue weighted by Gasteiger charge is 2.13. The lowest BCUT2D eigenvalue weighted by molar-refractivity contribution is 0.358. The molecule has 5 heteroatoms. The Balaban J connectivity index is 2.12. The molecule has 1 atom stereocenters. The number of rotatable bonds is 6. The van der Waals surface area contributed by atoms with Gasteiger partial charge in [-0.05, 0) is 31.4 Å². The van der Waals surface area contributed by atoms with Crippen LogP contribution in [0.25, 0.3) is 11.5 Å². The third-order valence-electron chi connectivity index (χ3n) is 3.17. The normalized spacial score (nSPS) is 12.6. The van der Waals surface area contributed by atoms with Crippen molar-refractivity contribution in [3.05, 3.63) is 29.8 Å². The van der Waals surface area contributed by atoms with E-state index in [9.17, 15) is 0 Å². The third-order valence-corrected chi connectivity index (χ3v) is 3.17. The molecule has 0 bridgehead atoms. The molecule has 0 aliphatic rings. The van der Waals surface area contributed by atoms with Crippen molar-refractivity contribution >= 4 is 0 Å². The molecule has 2 rings (SSSR count). The van der Waals surface area contributed by atoms with Crippen molar-refractivity contribution in [2.24, 2.45) is 0 Å². The summed E-state index contributed by atoms with van der Waals surface area (Å²) in [6, 6.07) is 4.40. The Morgan fingerprint density at radius 1 is 1.37 bits per heavy atom. The summed E-state index contributed by atoms with van der Waals surface area (Å²) in [6.07, 6.45) is 3.72. The molecule has 1 N–H and O–H groups in total. The first-order chi connectivity index (χ1) is 9.24. The second-order valence-corrected chi connectivity index (χ2v) is 4.57. The molecule has 0 aliphatic heterocycles. The summed E-state index contributed by atoms with van der Waals surface area (Å²) in [6.45, 7) is 6.95. The topological polar surface area (TPSA) is 63.8 Å². The molecule has 2 aromatic heterocycles. The van der Waals surface area contributed by atoms with E-state index in [-0.39, 0.29) is 0 Å². The standard InChI is InChI=1S/C14H20N4O/c1-4-10(3)16-9-12-17-14(18-19-12)13-11(5-2)7-6-8-15-13/h6-8,10,16H,4-5,9H2,1-3H3. The predicted octanol–water partition coefficient (Wildman–Crippen LogP) is 2.58. The first-order valence-corrected chi connectivity index (χ1v) is 6.74. The maximum absolute atomic E-state index is 5.25. The Morgan fingerprint density at radius 3 is 2.95 bits per heavy atom. The van der Waals surface area contributed by atoms with Crippen molar-refractivity contribution < 1.29 is 4.52 Å². The quantitative estimate of drug-likeness (QED) is 0.864. The van der Waals surface area contributed by atoms with E-state index in [1.54, 1.807) is 6.20 Å². The highest BCUT2D eigenvalue weighted by Crippen LogP contribution is 2.18. The fraction of sp³-hybridized carbons (Fsp3) is 0.500. The lowest BCUT2D eigenvalue weighted by Crippen LogP contribution is -2.24. The largest absolute Gasteiger partial charge is 0.337 e. The maximum Gasteiger partial charge on any atom is 0.240 e. The predicted molar refractivity (Wildman–Crippen MR) is 73.5 cm³/mol. The van der Waals surface area contributed by atoms with Crippen LogP contribution in [0.15, 0.2) is 22.9 Å². The molecule has 2 heterocycles. The summed E-state index contributed by atoms with van der Waals surface area (Å²) in [5.74, 6) is 1.17. The Bertz CT molecular complexity index is 524. The van der Waals surface area contributed by atoms with Crippen LogP contribution in [-0.4, -0.2) is 21.2 Å². The van der Waals surface area contributed by atoms with Gasteiger partial charge in [0, 0.05) is 12.2 Å². The van der Waals surface area contributed by atoms with Gasteiger partial charge in [-0.3, -0.25) is 4.98 Å². The van der Waals surface area contributed by atoms with E-state index in [0.29, 0.717) is 24.3 Å². The van der Waals surface area contributed by atoms with E-state index in [2.05, 4.69) is 41.2 Å². The van der Waals surface area contributed by atoms with Gasteiger partial charge in [0.05, 0.1) is 6.54 Å². The molecule has 5 nitrogen and oxygen atoms in total. The molecule has 1 unspecified atom stereocenters. The molecular weight excluding hydrogens is 240 g/mol. The van der Waals surface area contributed by atoms with Gasteiger partial charge in [-0.25, -0.2) is 0 Å². The molecule has 0 spiro atoms. The minimum atomic E-state index is 0.441. The number of pyridine rings is 1. The van der Waals surface area contributed by atoms with E-state index in [4.69, 9.17) is 4.52 Å². The van der Waals surface area contributed by atoms with Crippen LogP contribution in [0, 0.1) is 0 Å². The zero-order valence-electron chi connectivity index (χ0n) is 11.7. The van der Waals surface area contributed by atoms with Crippen LogP contribution in [-0.2, 0) is 13.0 Å². The van der Waals surface area contributed by atoms with Gasteiger partial charge in [0.15, 0.2) is 0 Å². The van der Waals surface area contributed by atoms with Gasteiger partial charge in [-0.15, -0.1) is 0 Å². The van der Waals surface area contributed by atoms with Gasteiger partial charge in [-0.2, -0.15) is 4.98 Å². The molecular formula is C14H20N4O. The van der Waals surface area contributed by atoms with Gasteiger partial charge >= 0.3 is 0 Å². The van der Waals surface area contributed by atoms with Crippen molar-refractivity contribution in [2.45, 2.75) is 46.2 Å². The molecule has 0 saturated carbocycles. The summed E-state index contributed by atoms with van der Waals surface area (Å²) >= 11 is 0. The summed E-state index contributed by atoms with van der Waals surface area (Å²) in [5.41, 5.74) is 1.94. The monoisotopic (exact) mass is 260 g/mol. The van der Waals surface area contributed by atoms with Gasteiger partial charge in [0.25, 0.3) is 0 Å². The highest BCUT2D eigenvalue weighted by atomic mass is 16.5. The van der Waals surface area contributed by atoms with E-state index < -0.39 is 0 Å². The van der Waals surface area contributed by atoms with Gasteiger partial charge in [0.2, 0.25) is 11.7 Å². The van der Waals surface area contributed by atoms with Crippen molar-refractivity contribution in [2.75, 3.05) is 0 Å². The molecule has 0 fully saturated rings. The molecule has 0 amide bonds. The number of aryl methyl sites for hydroxylation is 1.